The molecule has 1 saturated heterocycles. The molecule has 2 amide bonds. The molecule has 24 heavy (non-hydrogen) atoms. The lowest BCUT2D eigenvalue weighted by Crippen LogP contribution is -2.35. The number of hydrogen-bond donors (Lipinski definition) is 2. The molecule has 2 N–H and O–H groups in total. The monoisotopic (exact) mass is 331 g/mol. The highest BCUT2D eigenvalue weighted by molar-refractivity contribution is 5.93. The van der Waals surface area contributed by atoms with Crippen LogP contribution >= 0.6 is 0 Å². The molecule has 0 spiro atoms. The summed E-state index contributed by atoms with van der Waals surface area (Å²) in [5, 5.41) is 12.0. The lowest BCUT2D eigenvalue weighted by Gasteiger charge is -2.29. The molecule has 1 aromatic carbocycles. The predicted octanol–water partition coefficient (Wildman–Crippen LogP) is 3.00. The Balaban J connectivity index is 1.69. The molecule has 6 heteroatoms. The highest BCUT2D eigenvalue weighted by atomic mass is 16.4. The van der Waals surface area contributed by atoms with Gasteiger partial charge < -0.3 is 20.2 Å². The molecule has 3 rings (SSSR count). The summed E-state index contributed by atoms with van der Waals surface area (Å²) in [4.78, 5) is 27.4. The summed E-state index contributed by atoms with van der Waals surface area (Å²) in [5.74, 6) is -1.28. The third kappa shape index (κ3) is 3.47. The Hall–Kier alpha value is -2.24. The number of para-hydroxylation sites is 2. The number of carbonyl (C=O) groups excluding carboxylic acids is 1. The number of carboxylic acid groups (broad SMARTS) is 1. The largest absolute Gasteiger partial charge is 0.481 e. The minimum atomic E-state index is -0.827. The molecule has 2 aliphatic rings. The fourth-order valence-electron chi connectivity index (χ4n) is 3.72. The number of amides is 2. The summed E-state index contributed by atoms with van der Waals surface area (Å²) in [6.45, 7) is 0.769. The van der Waals surface area contributed by atoms with Crippen molar-refractivity contribution < 1.29 is 14.7 Å². The first kappa shape index (κ1) is 16.6. The van der Waals surface area contributed by atoms with Gasteiger partial charge in [0.1, 0.15) is 0 Å². The molecule has 6 nitrogen and oxygen atoms in total. The number of benzene rings is 1. The van der Waals surface area contributed by atoms with E-state index >= 15 is 0 Å². The maximum Gasteiger partial charge on any atom is 0.321 e. The number of aliphatic carboxylic acids is 1. The Morgan fingerprint density at radius 3 is 2.58 bits per heavy atom. The van der Waals surface area contributed by atoms with Gasteiger partial charge >= 0.3 is 12.0 Å². The van der Waals surface area contributed by atoms with Crippen molar-refractivity contribution in [1.29, 1.82) is 0 Å². The lowest BCUT2D eigenvalue weighted by atomic mass is 10.1. The van der Waals surface area contributed by atoms with Crippen molar-refractivity contribution in [2.45, 2.75) is 38.1 Å². The Labute approximate surface area is 142 Å². The average molecular weight is 331 g/mol. The second-order valence-electron chi connectivity index (χ2n) is 6.77. The zero-order valence-corrected chi connectivity index (χ0v) is 14.1. The van der Waals surface area contributed by atoms with Crippen molar-refractivity contribution in [3.05, 3.63) is 24.3 Å². The predicted molar refractivity (Wildman–Crippen MR) is 93.4 cm³/mol. The molecule has 1 atom stereocenters. The van der Waals surface area contributed by atoms with Crippen LogP contribution in [-0.2, 0) is 4.79 Å². The summed E-state index contributed by atoms with van der Waals surface area (Å²) in [6.07, 6.45) is 5.41. The minimum absolute atomic E-state index is 0.217. The molecule has 0 bridgehead atoms. The molecule has 0 radical (unpaired) electrons. The van der Waals surface area contributed by atoms with Crippen LogP contribution in [-0.4, -0.2) is 48.2 Å². The highest BCUT2D eigenvalue weighted by Crippen LogP contribution is 2.32. The van der Waals surface area contributed by atoms with Gasteiger partial charge in [-0.15, -0.1) is 0 Å². The molecular formula is C18H25N3O3. The third-order valence-electron chi connectivity index (χ3n) is 5.22. The Bertz CT molecular complexity index is 613. The number of hydrogen-bond acceptors (Lipinski definition) is 3. The fourth-order valence-corrected chi connectivity index (χ4v) is 3.72. The van der Waals surface area contributed by atoms with Gasteiger partial charge in [0.05, 0.1) is 17.3 Å². The molecular weight excluding hydrogens is 306 g/mol. The summed E-state index contributed by atoms with van der Waals surface area (Å²) >= 11 is 0. The molecule has 130 valence electrons. The number of carbonyl (C=O) groups is 2. The third-order valence-corrected chi connectivity index (χ3v) is 5.22. The Morgan fingerprint density at radius 1 is 1.21 bits per heavy atom. The summed E-state index contributed by atoms with van der Waals surface area (Å²) in [6, 6.07) is 8.12. The van der Waals surface area contributed by atoms with Gasteiger partial charge in [-0.1, -0.05) is 25.0 Å². The molecule has 0 aromatic heterocycles. The van der Waals surface area contributed by atoms with E-state index in [1.807, 2.05) is 24.3 Å². The van der Waals surface area contributed by atoms with E-state index in [9.17, 15) is 9.59 Å². The number of nitrogens with one attached hydrogen (secondary N) is 1. The first-order chi connectivity index (χ1) is 11.6. The number of nitrogens with zero attached hydrogens (tertiary/aromatic N) is 2. The quantitative estimate of drug-likeness (QED) is 0.889. The van der Waals surface area contributed by atoms with Crippen LogP contribution < -0.4 is 10.2 Å². The highest BCUT2D eigenvalue weighted by Gasteiger charge is 2.31. The van der Waals surface area contributed by atoms with Crippen LogP contribution in [0.2, 0.25) is 0 Å². The summed E-state index contributed by atoms with van der Waals surface area (Å²) in [5.41, 5.74) is 1.81. The lowest BCUT2D eigenvalue weighted by molar-refractivity contribution is -0.141. The van der Waals surface area contributed by atoms with Crippen molar-refractivity contribution in [2.24, 2.45) is 5.92 Å². The zero-order valence-electron chi connectivity index (χ0n) is 14.1. The van der Waals surface area contributed by atoms with Crippen molar-refractivity contribution in [1.82, 2.24) is 4.90 Å². The SMILES string of the molecule is CN(c1ccccc1NC(=O)N1CCC(C(=O)O)C1)C1CCCC1. The normalized spacial score (nSPS) is 21.0. The van der Waals surface area contributed by atoms with Gasteiger partial charge in [-0.2, -0.15) is 0 Å². The number of rotatable bonds is 4. The van der Waals surface area contributed by atoms with Crippen LogP contribution in [0.25, 0.3) is 0 Å². The van der Waals surface area contributed by atoms with Crippen molar-refractivity contribution >= 4 is 23.4 Å². The summed E-state index contributed by atoms with van der Waals surface area (Å²) in [7, 11) is 2.08. The second kappa shape index (κ2) is 7.11. The van der Waals surface area contributed by atoms with E-state index in [0.717, 1.165) is 11.4 Å². The Morgan fingerprint density at radius 2 is 1.92 bits per heavy atom. The first-order valence-corrected chi connectivity index (χ1v) is 8.67. The first-order valence-electron chi connectivity index (χ1n) is 8.67. The van der Waals surface area contributed by atoms with Gasteiger partial charge in [0.2, 0.25) is 0 Å². The van der Waals surface area contributed by atoms with Gasteiger partial charge in [-0.05, 0) is 31.4 Å². The number of likely N-dealkylation sites (tertiary alicyclic amines) is 1. The standard InChI is InChI=1S/C18H25N3O3/c1-20(14-6-2-3-7-14)16-9-5-4-8-15(16)19-18(24)21-11-10-13(12-21)17(22)23/h4-5,8-9,13-14H,2-3,6-7,10-12H2,1H3,(H,19,24)(H,22,23). The molecule has 1 saturated carbocycles. The van der Waals surface area contributed by atoms with Crippen LogP contribution in [0.4, 0.5) is 16.2 Å². The second-order valence-corrected chi connectivity index (χ2v) is 6.77. The molecule has 1 aliphatic heterocycles. The minimum Gasteiger partial charge on any atom is -0.481 e. The number of carboxylic acids is 1. The van der Waals surface area contributed by atoms with Crippen LogP contribution in [0.3, 0.4) is 0 Å². The molecule has 1 aromatic rings. The van der Waals surface area contributed by atoms with Gasteiger partial charge in [-0.25, -0.2) is 4.79 Å². The molecule has 1 unspecified atom stereocenters. The maximum atomic E-state index is 12.5. The van der Waals surface area contributed by atoms with E-state index in [-0.39, 0.29) is 12.6 Å². The van der Waals surface area contributed by atoms with Crippen LogP contribution in [0.1, 0.15) is 32.1 Å². The van der Waals surface area contributed by atoms with E-state index in [1.54, 1.807) is 4.90 Å². The van der Waals surface area contributed by atoms with E-state index in [0.29, 0.717) is 19.0 Å². The van der Waals surface area contributed by atoms with E-state index < -0.39 is 11.9 Å². The zero-order chi connectivity index (χ0) is 17.1. The van der Waals surface area contributed by atoms with Crippen LogP contribution in [0.15, 0.2) is 24.3 Å². The van der Waals surface area contributed by atoms with Gasteiger partial charge in [-0.3, -0.25) is 4.79 Å². The maximum absolute atomic E-state index is 12.5. The average Bonchev–Trinajstić information content (AvgIpc) is 3.26. The topological polar surface area (TPSA) is 72.9 Å². The van der Waals surface area contributed by atoms with Gasteiger partial charge in [0.15, 0.2) is 0 Å². The van der Waals surface area contributed by atoms with Crippen LogP contribution in [0, 0.1) is 5.92 Å². The number of urea groups is 1. The van der Waals surface area contributed by atoms with Gasteiger partial charge in [0.25, 0.3) is 0 Å². The van der Waals surface area contributed by atoms with Crippen molar-refractivity contribution in [3.8, 4) is 0 Å². The van der Waals surface area contributed by atoms with E-state index in [2.05, 4.69) is 17.3 Å². The molecule has 1 aliphatic carbocycles. The smallest absolute Gasteiger partial charge is 0.321 e. The Kier molecular flexibility index (Phi) is 4.92. The van der Waals surface area contributed by atoms with E-state index in [1.165, 1.54) is 25.7 Å². The van der Waals surface area contributed by atoms with E-state index in [4.69, 9.17) is 5.11 Å². The number of anilines is 2. The molecule has 1 heterocycles. The van der Waals surface area contributed by atoms with Crippen molar-refractivity contribution in [3.63, 3.8) is 0 Å². The summed E-state index contributed by atoms with van der Waals surface area (Å²) < 4.78 is 0. The van der Waals surface area contributed by atoms with Crippen molar-refractivity contribution in [2.75, 3.05) is 30.4 Å². The van der Waals surface area contributed by atoms with Gasteiger partial charge in [0, 0.05) is 26.2 Å². The van der Waals surface area contributed by atoms with Crippen LogP contribution in [0.5, 0.6) is 0 Å². The fraction of sp³-hybridized carbons (Fsp3) is 0.556. The molecule has 2 fully saturated rings.